The lowest BCUT2D eigenvalue weighted by molar-refractivity contribution is 0.123. The second kappa shape index (κ2) is 5.02. The Morgan fingerprint density at radius 1 is 1.55 bits per heavy atom. The zero-order chi connectivity index (χ0) is 8.85. The number of allylic oxidation sites excluding steroid dienone is 1. The lowest BCUT2D eigenvalue weighted by atomic mass is 9.65. The number of terminal acetylenes is 1. The van der Waals surface area contributed by atoms with Crippen LogP contribution in [0.4, 0.5) is 0 Å². The summed E-state index contributed by atoms with van der Waals surface area (Å²) in [4.78, 5) is 0. The van der Waals surface area contributed by atoms with E-state index in [1.54, 1.807) is 0 Å². The van der Waals surface area contributed by atoms with Crippen molar-refractivity contribution in [3.8, 4) is 12.8 Å². The summed E-state index contributed by atoms with van der Waals surface area (Å²) in [5.41, 5.74) is 0. The van der Waals surface area contributed by atoms with Crippen molar-refractivity contribution in [2.45, 2.75) is 26.7 Å². The molecule has 0 nitrogen and oxygen atoms in total. The van der Waals surface area contributed by atoms with Gasteiger partial charge in [-0.1, -0.05) is 26.3 Å². The smallest absolute Gasteiger partial charge is 0.0205 e. The van der Waals surface area contributed by atoms with Gasteiger partial charge in [0.1, 0.15) is 0 Å². The molecule has 0 amide bonds. The molecule has 0 saturated heterocycles. The van der Waals surface area contributed by atoms with Crippen LogP contribution >= 0.6 is 0 Å². The first kappa shape index (κ1) is 10.3. The van der Waals surface area contributed by atoms with Crippen molar-refractivity contribution >= 4 is 0 Å². The number of rotatable bonds is 2. The molecule has 0 heterocycles. The van der Waals surface area contributed by atoms with Gasteiger partial charge in [-0.25, -0.2) is 0 Å². The monoisotopic (exact) mass is 150 g/mol. The molecule has 3 atom stereocenters. The van der Waals surface area contributed by atoms with E-state index < -0.39 is 0 Å². The second-order valence-electron chi connectivity index (χ2n) is 3.16. The molecule has 1 aliphatic carbocycles. The van der Waals surface area contributed by atoms with Gasteiger partial charge in [0.25, 0.3) is 0 Å². The highest BCUT2D eigenvalue weighted by atomic mass is 14.4. The van der Waals surface area contributed by atoms with Crippen molar-refractivity contribution in [1.29, 1.82) is 0 Å². The van der Waals surface area contributed by atoms with Gasteiger partial charge in [0.15, 0.2) is 0 Å². The first-order valence-electron chi connectivity index (χ1n) is 4.25. The first-order valence-corrected chi connectivity index (χ1v) is 4.25. The third-order valence-corrected chi connectivity index (χ3v) is 2.82. The Bertz CT molecular complexity index is 132. The van der Waals surface area contributed by atoms with Crippen molar-refractivity contribution in [2.75, 3.05) is 0 Å². The first-order chi connectivity index (χ1) is 5.29. The second-order valence-corrected chi connectivity index (χ2v) is 3.16. The van der Waals surface area contributed by atoms with Crippen molar-refractivity contribution < 1.29 is 0 Å². The maximum atomic E-state index is 4.00. The van der Waals surface area contributed by atoms with Gasteiger partial charge in [-0.15, -0.1) is 19.4 Å². The van der Waals surface area contributed by atoms with E-state index in [-0.39, 0.29) is 0 Å². The zero-order valence-electron chi connectivity index (χ0n) is 7.59. The Kier molecular flexibility index (Phi) is 4.70. The molecular weight excluding hydrogens is 132 g/mol. The lowest BCUT2D eigenvalue weighted by Crippen LogP contribution is -2.32. The van der Waals surface area contributed by atoms with Crippen LogP contribution in [0.3, 0.4) is 0 Å². The molecule has 0 bridgehead atoms. The van der Waals surface area contributed by atoms with Crippen molar-refractivity contribution in [1.82, 2.24) is 0 Å². The van der Waals surface area contributed by atoms with E-state index in [4.69, 9.17) is 0 Å². The molecule has 0 aliphatic heterocycles. The molecule has 11 heavy (non-hydrogen) atoms. The van der Waals surface area contributed by atoms with Crippen LogP contribution < -0.4 is 0 Å². The standard InChI is InChI=1S/C9H16.C2H2/c1-4-8-6-9(5-2)7(8)3;1-2/h4,7-9H,1,5-6H2,2-3H3;1-2H. The summed E-state index contributed by atoms with van der Waals surface area (Å²) in [6, 6.07) is 0. The summed E-state index contributed by atoms with van der Waals surface area (Å²) in [5, 5.41) is 0. The van der Waals surface area contributed by atoms with E-state index in [0.29, 0.717) is 0 Å². The minimum Gasteiger partial charge on any atom is -0.124 e. The van der Waals surface area contributed by atoms with E-state index in [1.165, 1.54) is 12.8 Å². The summed E-state index contributed by atoms with van der Waals surface area (Å²) < 4.78 is 0. The van der Waals surface area contributed by atoms with Crippen LogP contribution in [0.15, 0.2) is 12.7 Å². The van der Waals surface area contributed by atoms with Crippen molar-refractivity contribution in [3.05, 3.63) is 12.7 Å². The van der Waals surface area contributed by atoms with E-state index in [2.05, 4.69) is 39.3 Å². The van der Waals surface area contributed by atoms with Crippen LogP contribution in [0.25, 0.3) is 0 Å². The molecule has 0 spiro atoms. The largest absolute Gasteiger partial charge is 0.124 e. The lowest BCUT2D eigenvalue weighted by Gasteiger charge is -2.40. The topological polar surface area (TPSA) is 0 Å². The molecule has 0 aromatic carbocycles. The third kappa shape index (κ3) is 2.12. The highest BCUT2D eigenvalue weighted by molar-refractivity contribution is 4.95. The average Bonchev–Trinajstić information content (AvgIpc) is 2.07. The Morgan fingerprint density at radius 3 is 2.36 bits per heavy atom. The van der Waals surface area contributed by atoms with Crippen LogP contribution in [0, 0.1) is 30.6 Å². The molecule has 1 rings (SSSR count). The predicted molar refractivity (Wildman–Crippen MR) is 51.1 cm³/mol. The van der Waals surface area contributed by atoms with Crippen molar-refractivity contribution in [2.24, 2.45) is 17.8 Å². The number of hydrogen-bond acceptors (Lipinski definition) is 0. The highest BCUT2D eigenvalue weighted by Gasteiger charge is 2.33. The maximum absolute atomic E-state index is 4.00. The van der Waals surface area contributed by atoms with Gasteiger partial charge in [0, 0.05) is 0 Å². The van der Waals surface area contributed by atoms with Gasteiger partial charge in [-0.2, -0.15) is 0 Å². The summed E-state index contributed by atoms with van der Waals surface area (Å²) >= 11 is 0. The third-order valence-electron chi connectivity index (χ3n) is 2.82. The van der Waals surface area contributed by atoms with Crippen molar-refractivity contribution in [3.63, 3.8) is 0 Å². The van der Waals surface area contributed by atoms with Gasteiger partial charge in [0.2, 0.25) is 0 Å². The highest BCUT2D eigenvalue weighted by Crippen LogP contribution is 2.42. The molecule has 1 saturated carbocycles. The quantitative estimate of drug-likeness (QED) is 0.419. The van der Waals surface area contributed by atoms with Gasteiger partial charge in [0.05, 0.1) is 0 Å². The fourth-order valence-electron chi connectivity index (χ4n) is 1.78. The molecule has 62 valence electrons. The van der Waals surface area contributed by atoms with E-state index in [1.807, 2.05) is 0 Å². The van der Waals surface area contributed by atoms with Crippen LogP contribution in [-0.4, -0.2) is 0 Å². The molecule has 3 unspecified atom stereocenters. The molecule has 1 aliphatic rings. The summed E-state index contributed by atoms with van der Waals surface area (Å²) in [5.74, 6) is 2.73. The Balaban J connectivity index is 0.000000461. The van der Waals surface area contributed by atoms with Gasteiger partial charge < -0.3 is 0 Å². The van der Waals surface area contributed by atoms with Crippen LogP contribution in [0.1, 0.15) is 26.7 Å². The maximum Gasteiger partial charge on any atom is -0.0205 e. The summed E-state index contributed by atoms with van der Waals surface area (Å²) in [7, 11) is 0. The van der Waals surface area contributed by atoms with Gasteiger partial charge in [-0.3, -0.25) is 0 Å². The normalized spacial score (nSPS) is 34.4. The van der Waals surface area contributed by atoms with E-state index in [0.717, 1.165) is 17.8 Å². The van der Waals surface area contributed by atoms with Gasteiger partial charge >= 0.3 is 0 Å². The van der Waals surface area contributed by atoms with Crippen LogP contribution in [-0.2, 0) is 0 Å². The van der Waals surface area contributed by atoms with Crippen LogP contribution in [0.2, 0.25) is 0 Å². The Morgan fingerprint density at radius 2 is 2.09 bits per heavy atom. The SMILES string of the molecule is C#C.C=CC1CC(CC)C1C. The molecule has 0 N–H and O–H groups in total. The minimum atomic E-state index is 0.829. The summed E-state index contributed by atoms with van der Waals surface area (Å²) in [6.45, 7) is 8.42. The fraction of sp³-hybridized carbons (Fsp3) is 0.636. The fourth-order valence-corrected chi connectivity index (χ4v) is 1.78. The zero-order valence-corrected chi connectivity index (χ0v) is 7.59. The number of hydrogen-bond donors (Lipinski definition) is 0. The van der Waals surface area contributed by atoms with Gasteiger partial charge in [-0.05, 0) is 24.2 Å². The predicted octanol–water partition coefficient (Wildman–Crippen LogP) is 3.10. The molecule has 1 fully saturated rings. The average molecular weight is 150 g/mol. The molecular formula is C11H18. The minimum absolute atomic E-state index is 0.829. The van der Waals surface area contributed by atoms with E-state index in [9.17, 15) is 0 Å². The molecule has 0 radical (unpaired) electrons. The molecule has 0 heteroatoms. The molecule has 0 aromatic heterocycles. The van der Waals surface area contributed by atoms with Crippen LogP contribution in [0.5, 0.6) is 0 Å². The van der Waals surface area contributed by atoms with E-state index >= 15 is 0 Å². The summed E-state index contributed by atoms with van der Waals surface area (Å²) in [6.07, 6.45) is 12.9. The Hall–Kier alpha value is -0.700. The molecule has 0 aromatic rings. The Labute approximate surface area is 70.7 Å².